The van der Waals surface area contributed by atoms with E-state index in [4.69, 9.17) is 0 Å². The van der Waals surface area contributed by atoms with E-state index in [0.29, 0.717) is 35.3 Å². The second-order valence-electron chi connectivity index (χ2n) is 8.50. The van der Waals surface area contributed by atoms with Gasteiger partial charge in [0.05, 0.1) is 5.69 Å². The lowest BCUT2D eigenvalue weighted by molar-refractivity contribution is -0.120. The average Bonchev–Trinajstić information content (AvgIpc) is 3.59. The van der Waals surface area contributed by atoms with Crippen molar-refractivity contribution >= 4 is 43.7 Å². The van der Waals surface area contributed by atoms with Crippen molar-refractivity contribution in [3.05, 3.63) is 88.6 Å². The maximum Gasteiger partial charge on any atom is 0.252 e. The van der Waals surface area contributed by atoms with Gasteiger partial charge in [-0.3, -0.25) is 4.79 Å². The number of benzene rings is 2. The van der Waals surface area contributed by atoms with E-state index in [-0.39, 0.29) is 11.8 Å². The molecule has 1 N–H and O–H groups in total. The number of amides is 1. The number of aromatic nitrogens is 1. The van der Waals surface area contributed by atoms with Crippen LogP contribution >= 0.6 is 22.7 Å². The lowest BCUT2D eigenvalue weighted by Crippen LogP contribution is -2.41. The highest BCUT2D eigenvalue weighted by atomic mass is 32.2. The molecule has 0 atom stereocenters. The van der Waals surface area contributed by atoms with Crippen LogP contribution < -0.4 is 5.32 Å². The van der Waals surface area contributed by atoms with Gasteiger partial charge < -0.3 is 5.32 Å². The Bertz CT molecular complexity index is 1370. The molecule has 2 aromatic heterocycles. The van der Waals surface area contributed by atoms with Crippen molar-refractivity contribution in [3.8, 4) is 11.3 Å². The highest BCUT2D eigenvalue weighted by molar-refractivity contribution is 7.91. The van der Waals surface area contributed by atoms with Crippen LogP contribution in [0, 0.1) is 5.92 Å². The molecule has 0 saturated carbocycles. The second-order valence-corrected chi connectivity index (χ2v) is 12.5. The quantitative estimate of drug-likeness (QED) is 0.347. The minimum atomic E-state index is -3.47. The van der Waals surface area contributed by atoms with Crippen LogP contribution in [0.25, 0.3) is 11.3 Å². The molecule has 1 saturated heterocycles. The Labute approximate surface area is 213 Å². The van der Waals surface area contributed by atoms with Gasteiger partial charge >= 0.3 is 0 Å². The highest BCUT2D eigenvalue weighted by Gasteiger charge is 2.32. The largest absolute Gasteiger partial charge is 0.302 e. The van der Waals surface area contributed by atoms with Crippen LogP contribution in [0.4, 0.5) is 5.13 Å². The standard InChI is InChI=1S/C26H25N3O3S3/c30-25(22-12-14-29(15-13-22)35(31,32)24-7-4-16-33-24)28-26-27-23(18-34-26)21-10-8-20(9-11-21)17-19-5-2-1-3-6-19/h1-11,16,18,22H,12-15,17H2,(H,27,28,30). The van der Waals surface area contributed by atoms with Crippen molar-refractivity contribution in [2.24, 2.45) is 5.92 Å². The lowest BCUT2D eigenvalue weighted by Gasteiger charge is -2.29. The molecule has 0 bridgehead atoms. The van der Waals surface area contributed by atoms with E-state index in [0.717, 1.165) is 17.7 Å². The van der Waals surface area contributed by atoms with Crippen molar-refractivity contribution < 1.29 is 13.2 Å². The molecule has 0 radical (unpaired) electrons. The zero-order valence-electron chi connectivity index (χ0n) is 19.0. The number of nitrogens with zero attached hydrogens (tertiary/aromatic N) is 2. The first-order valence-electron chi connectivity index (χ1n) is 11.4. The van der Waals surface area contributed by atoms with Crippen molar-refractivity contribution in [2.45, 2.75) is 23.5 Å². The summed E-state index contributed by atoms with van der Waals surface area (Å²) in [6.45, 7) is 0.688. The summed E-state index contributed by atoms with van der Waals surface area (Å²) >= 11 is 2.62. The number of nitrogens with one attached hydrogen (secondary N) is 1. The molecule has 0 aliphatic carbocycles. The maximum atomic E-state index is 12.8. The Morgan fingerprint density at radius 2 is 1.66 bits per heavy atom. The van der Waals surface area contributed by atoms with E-state index in [2.05, 4.69) is 46.7 Å². The topological polar surface area (TPSA) is 79.4 Å². The molecular weight excluding hydrogens is 499 g/mol. The fourth-order valence-corrected chi connectivity index (χ4v) is 7.53. The molecule has 1 aliphatic heterocycles. The molecule has 35 heavy (non-hydrogen) atoms. The Balaban J connectivity index is 1.16. The molecule has 6 nitrogen and oxygen atoms in total. The van der Waals surface area contributed by atoms with Gasteiger partial charge in [-0.1, -0.05) is 60.7 Å². The number of hydrogen-bond donors (Lipinski definition) is 1. The summed E-state index contributed by atoms with van der Waals surface area (Å²) in [6, 6.07) is 22.0. The van der Waals surface area contributed by atoms with Crippen LogP contribution in [-0.2, 0) is 21.2 Å². The van der Waals surface area contributed by atoms with Crippen molar-refractivity contribution in [3.63, 3.8) is 0 Å². The Morgan fingerprint density at radius 3 is 2.34 bits per heavy atom. The fraction of sp³-hybridized carbons (Fsp3) is 0.231. The summed E-state index contributed by atoms with van der Waals surface area (Å²) in [5.41, 5.74) is 4.34. The third kappa shape index (κ3) is 5.54. The zero-order chi connectivity index (χ0) is 24.3. The first-order valence-corrected chi connectivity index (χ1v) is 14.6. The van der Waals surface area contributed by atoms with Gasteiger partial charge in [0.2, 0.25) is 5.91 Å². The summed E-state index contributed by atoms with van der Waals surface area (Å²) in [5, 5.41) is 7.19. The fourth-order valence-electron chi connectivity index (χ4n) is 4.19. The number of thiophene rings is 1. The van der Waals surface area contributed by atoms with Gasteiger partial charge in [0.25, 0.3) is 10.0 Å². The average molecular weight is 524 g/mol. The van der Waals surface area contributed by atoms with E-state index in [1.54, 1.807) is 17.5 Å². The van der Waals surface area contributed by atoms with Gasteiger partial charge in [0, 0.05) is 30.0 Å². The molecule has 180 valence electrons. The van der Waals surface area contributed by atoms with E-state index in [1.807, 2.05) is 23.6 Å². The minimum Gasteiger partial charge on any atom is -0.302 e. The Kier molecular flexibility index (Phi) is 7.10. The molecule has 2 aromatic carbocycles. The summed E-state index contributed by atoms with van der Waals surface area (Å²) in [5.74, 6) is -0.327. The molecule has 1 amide bonds. The van der Waals surface area contributed by atoms with Gasteiger partial charge in [-0.2, -0.15) is 4.31 Å². The van der Waals surface area contributed by atoms with Crippen LogP contribution in [-0.4, -0.2) is 36.7 Å². The molecule has 5 rings (SSSR count). The molecule has 1 aliphatic rings. The molecule has 0 unspecified atom stereocenters. The van der Waals surface area contributed by atoms with Gasteiger partial charge in [-0.25, -0.2) is 13.4 Å². The number of hydrogen-bond acceptors (Lipinski definition) is 6. The third-order valence-electron chi connectivity index (χ3n) is 6.15. The Morgan fingerprint density at radius 1 is 0.943 bits per heavy atom. The van der Waals surface area contributed by atoms with Gasteiger partial charge in [-0.15, -0.1) is 22.7 Å². The summed E-state index contributed by atoms with van der Waals surface area (Å²) < 4.78 is 27.2. The smallest absolute Gasteiger partial charge is 0.252 e. The number of carbonyl (C=O) groups is 1. The summed E-state index contributed by atoms with van der Waals surface area (Å²) in [6.07, 6.45) is 1.88. The third-order valence-corrected chi connectivity index (χ3v) is 10.2. The molecule has 9 heteroatoms. The summed E-state index contributed by atoms with van der Waals surface area (Å²) in [4.78, 5) is 17.4. The van der Waals surface area contributed by atoms with Gasteiger partial charge in [-0.05, 0) is 41.8 Å². The van der Waals surface area contributed by atoms with Crippen molar-refractivity contribution in [1.29, 1.82) is 0 Å². The first-order chi connectivity index (χ1) is 17.0. The molecular formula is C26H25N3O3S3. The monoisotopic (exact) mass is 523 g/mol. The van der Waals surface area contributed by atoms with E-state index >= 15 is 0 Å². The van der Waals surface area contributed by atoms with E-state index in [9.17, 15) is 13.2 Å². The van der Waals surface area contributed by atoms with Crippen LogP contribution in [0.1, 0.15) is 24.0 Å². The van der Waals surface area contributed by atoms with Crippen molar-refractivity contribution in [1.82, 2.24) is 9.29 Å². The van der Waals surface area contributed by atoms with E-state index in [1.165, 1.54) is 38.1 Å². The predicted octanol–water partition coefficient (Wildman–Crippen LogP) is 5.50. The van der Waals surface area contributed by atoms with Gasteiger partial charge in [0.1, 0.15) is 4.21 Å². The van der Waals surface area contributed by atoms with Gasteiger partial charge in [0.15, 0.2) is 5.13 Å². The Hall–Kier alpha value is -2.85. The minimum absolute atomic E-state index is 0.0997. The number of carbonyl (C=O) groups excluding carboxylic acids is 1. The number of rotatable bonds is 7. The first kappa shape index (κ1) is 23.9. The second kappa shape index (κ2) is 10.4. The molecule has 0 spiro atoms. The number of anilines is 1. The van der Waals surface area contributed by atoms with Crippen LogP contribution in [0.2, 0.25) is 0 Å². The highest BCUT2D eigenvalue weighted by Crippen LogP contribution is 2.29. The number of thiazole rings is 1. The molecule has 4 aromatic rings. The molecule has 1 fully saturated rings. The SMILES string of the molecule is O=C(Nc1nc(-c2ccc(Cc3ccccc3)cc2)cs1)C1CCN(S(=O)(=O)c2cccs2)CC1. The molecule has 3 heterocycles. The van der Waals surface area contributed by atoms with Crippen molar-refractivity contribution in [2.75, 3.05) is 18.4 Å². The van der Waals surface area contributed by atoms with Crippen LogP contribution in [0.3, 0.4) is 0 Å². The zero-order valence-corrected chi connectivity index (χ0v) is 21.4. The van der Waals surface area contributed by atoms with E-state index < -0.39 is 10.0 Å². The maximum absolute atomic E-state index is 12.8. The summed E-state index contributed by atoms with van der Waals surface area (Å²) in [7, 11) is -3.47. The normalized spacial score (nSPS) is 15.2. The van der Waals surface area contributed by atoms with Crippen LogP contribution in [0.15, 0.2) is 81.7 Å². The number of sulfonamides is 1. The van der Waals surface area contributed by atoms with Crippen LogP contribution in [0.5, 0.6) is 0 Å². The predicted molar refractivity (Wildman–Crippen MR) is 141 cm³/mol. The number of piperidine rings is 1. The lowest BCUT2D eigenvalue weighted by atomic mass is 9.97.